The van der Waals surface area contributed by atoms with Crippen LogP contribution in [0.5, 0.6) is 0 Å². The molecular weight excluding hydrogens is 290 g/mol. The fourth-order valence-electron chi connectivity index (χ4n) is 1.97. The lowest BCUT2D eigenvalue weighted by atomic mass is 10.0. The minimum atomic E-state index is -0.912. The van der Waals surface area contributed by atoms with Gasteiger partial charge in [0, 0.05) is 17.4 Å². The zero-order chi connectivity index (χ0) is 15.4. The van der Waals surface area contributed by atoms with Crippen LogP contribution in [0, 0.1) is 11.6 Å². The Balaban J connectivity index is 2.10. The average Bonchev–Trinajstić information content (AvgIpc) is 2.43. The number of nitrogens with one attached hydrogen (secondary N) is 2. The number of hydrogen-bond acceptors (Lipinski definition) is 1. The maximum absolute atomic E-state index is 13.1. The third kappa shape index (κ3) is 3.98. The molecule has 2 aromatic carbocycles. The molecule has 0 radical (unpaired) electrons. The van der Waals surface area contributed by atoms with Crippen LogP contribution < -0.4 is 10.6 Å². The van der Waals surface area contributed by atoms with E-state index in [1.165, 1.54) is 6.07 Å². The molecule has 0 aliphatic rings. The van der Waals surface area contributed by atoms with E-state index >= 15 is 0 Å². The van der Waals surface area contributed by atoms with Crippen LogP contribution in [0.1, 0.15) is 25.3 Å². The number of halogens is 2. The van der Waals surface area contributed by atoms with Gasteiger partial charge in [-0.05, 0) is 41.9 Å². The number of rotatable bonds is 3. The second-order valence-corrected chi connectivity index (χ2v) is 5.36. The summed E-state index contributed by atoms with van der Waals surface area (Å²) < 4.78 is 26.0. The lowest BCUT2D eigenvalue weighted by Crippen LogP contribution is -2.20. The highest BCUT2D eigenvalue weighted by Gasteiger charge is 2.08. The van der Waals surface area contributed by atoms with Gasteiger partial charge in [0.05, 0.1) is 0 Å². The lowest BCUT2D eigenvalue weighted by Gasteiger charge is -2.16. The van der Waals surface area contributed by atoms with E-state index < -0.39 is 11.6 Å². The van der Waals surface area contributed by atoms with Gasteiger partial charge in [0.1, 0.15) is 0 Å². The van der Waals surface area contributed by atoms with Crippen LogP contribution in [-0.2, 0) is 0 Å². The summed E-state index contributed by atoms with van der Waals surface area (Å²) in [6.07, 6.45) is 0. The maximum Gasteiger partial charge on any atom is 0.175 e. The Labute approximate surface area is 128 Å². The fourth-order valence-corrected chi connectivity index (χ4v) is 2.20. The number of thiocarbonyl (C=S) groups is 1. The molecule has 0 unspecified atom stereocenters. The second-order valence-electron chi connectivity index (χ2n) is 4.95. The summed E-state index contributed by atoms with van der Waals surface area (Å²) in [6.45, 7) is 4.18. The van der Waals surface area contributed by atoms with E-state index in [0.717, 1.165) is 23.4 Å². The first-order valence-corrected chi connectivity index (χ1v) is 7.00. The third-order valence-electron chi connectivity index (χ3n) is 3.01. The van der Waals surface area contributed by atoms with Crippen molar-refractivity contribution in [2.24, 2.45) is 0 Å². The Morgan fingerprint density at radius 3 is 2.38 bits per heavy atom. The molecule has 2 rings (SSSR count). The van der Waals surface area contributed by atoms with E-state index in [9.17, 15) is 8.78 Å². The Morgan fingerprint density at radius 1 is 1.00 bits per heavy atom. The van der Waals surface area contributed by atoms with Crippen molar-refractivity contribution >= 4 is 28.7 Å². The van der Waals surface area contributed by atoms with E-state index in [1.54, 1.807) is 0 Å². The van der Waals surface area contributed by atoms with E-state index in [1.807, 2.05) is 24.3 Å². The zero-order valence-electron chi connectivity index (χ0n) is 11.8. The molecule has 0 aliphatic heterocycles. The third-order valence-corrected chi connectivity index (χ3v) is 3.21. The highest BCUT2D eigenvalue weighted by atomic mass is 32.1. The molecule has 0 spiro atoms. The summed E-state index contributed by atoms with van der Waals surface area (Å²) in [5.74, 6) is -1.45. The lowest BCUT2D eigenvalue weighted by molar-refractivity contribution is 0.509. The molecule has 0 aliphatic carbocycles. The molecule has 21 heavy (non-hydrogen) atoms. The second kappa shape index (κ2) is 6.63. The molecule has 0 bridgehead atoms. The summed E-state index contributed by atoms with van der Waals surface area (Å²) >= 11 is 5.20. The maximum atomic E-state index is 13.1. The van der Waals surface area contributed by atoms with Gasteiger partial charge in [-0.1, -0.05) is 32.0 Å². The minimum Gasteiger partial charge on any atom is -0.332 e. The smallest absolute Gasteiger partial charge is 0.175 e. The van der Waals surface area contributed by atoms with Crippen molar-refractivity contribution in [1.82, 2.24) is 0 Å². The van der Waals surface area contributed by atoms with Gasteiger partial charge in [-0.2, -0.15) is 0 Å². The van der Waals surface area contributed by atoms with Crippen molar-refractivity contribution < 1.29 is 8.78 Å². The van der Waals surface area contributed by atoms with Crippen LogP contribution in [0.3, 0.4) is 0 Å². The summed E-state index contributed by atoms with van der Waals surface area (Å²) in [4.78, 5) is 0. The minimum absolute atomic E-state index is 0.328. The van der Waals surface area contributed by atoms with E-state index in [2.05, 4.69) is 24.5 Å². The first kappa shape index (κ1) is 15.4. The van der Waals surface area contributed by atoms with Gasteiger partial charge in [-0.3, -0.25) is 0 Å². The Morgan fingerprint density at radius 2 is 1.71 bits per heavy atom. The van der Waals surface area contributed by atoms with Crippen molar-refractivity contribution in [2.45, 2.75) is 19.8 Å². The van der Waals surface area contributed by atoms with Crippen LogP contribution in [0.4, 0.5) is 20.2 Å². The standard InChI is InChI=1S/C16H16F2N2S/c1-10(2)12-5-3-4-6-15(12)20-16(21)19-11-7-8-13(17)14(18)9-11/h3-10H,1-2H3,(H2,19,20,21). The number of hydrogen-bond donors (Lipinski definition) is 2. The fraction of sp³-hybridized carbons (Fsp3) is 0.188. The molecule has 0 saturated carbocycles. The predicted octanol–water partition coefficient (Wildman–Crippen LogP) is 4.90. The predicted molar refractivity (Wildman–Crippen MR) is 86.7 cm³/mol. The van der Waals surface area contributed by atoms with Crippen molar-refractivity contribution in [2.75, 3.05) is 10.6 Å². The van der Waals surface area contributed by atoms with Crippen LogP contribution in [0.25, 0.3) is 0 Å². The topological polar surface area (TPSA) is 24.1 Å². The molecule has 2 N–H and O–H groups in total. The van der Waals surface area contributed by atoms with E-state index in [0.29, 0.717) is 16.7 Å². The SMILES string of the molecule is CC(C)c1ccccc1NC(=S)Nc1ccc(F)c(F)c1. The molecule has 2 nitrogen and oxygen atoms in total. The van der Waals surface area contributed by atoms with Crippen molar-refractivity contribution in [1.29, 1.82) is 0 Å². The molecule has 0 heterocycles. The zero-order valence-corrected chi connectivity index (χ0v) is 12.6. The molecular formula is C16H16F2N2S. The first-order valence-electron chi connectivity index (χ1n) is 6.59. The number of para-hydroxylation sites is 1. The van der Waals surface area contributed by atoms with Gasteiger partial charge in [0.2, 0.25) is 0 Å². The molecule has 5 heteroatoms. The van der Waals surface area contributed by atoms with Crippen LogP contribution in [0.2, 0.25) is 0 Å². The molecule has 2 aromatic rings. The van der Waals surface area contributed by atoms with Crippen molar-refractivity contribution in [3.05, 3.63) is 59.7 Å². The van der Waals surface area contributed by atoms with E-state index in [4.69, 9.17) is 12.2 Å². The van der Waals surface area contributed by atoms with Gasteiger partial charge >= 0.3 is 0 Å². The van der Waals surface area contributed by atoms with Gasteiger partial charge in [0.15, 0.2) is 16.7 Å². The number of benzene rings is 2. The molecule has 110 valence electrons. The van der Waals surface area contributed by atoms with Gasteiger partial charge in [-0.25, -0.2) is 8.78 Å². The highest BCUT2D eigenvalue weighted by molar-refractivity contribution is 7.80. The van der Waals surface area contributed by atoms with E-state index in [-0.39, 0.29) is 0 Å². The Hall–Kier alpha value is -2.01. The molecule has 0 saturated heterocycles. The molecule has 0 atom stereocenters. The largest absolute Gasteiger partial charge is 0.332 e. The summed E-state index contributed by atoms with van der Waals surface area (Å²) in [7, 11) is 0. The molecule has 0 amide bonds. The van der Waals surface area contributed by atoms with Crippen molar-refractivity contribution in [3.63, 3.8) is 0 Å². The molecule has 0 aromatic heterocycles. The average molecular weight is 306 g/mol. The summed E-state index contributed by atoms with van der Waals surface area (Å²) in [6, 6.07) is 11.4. The first-order chi connectivity index (χ1) is 9.97. The number of anilines is 2. The van der Waals surface area contributed by atoms with Crippen LogP contribution >= 0.6 is 12.2 Å². The Bertz CT molecular complexity index is 656. The Kier molecular flexibility index (Phi) is 4.85. The van der Waals surface area contributed by atoms with Crippen LogP contribution in [0.15, 0.2) is 42.5 Å². The highest BCUT2D eigenvalue weighted by Crippen LogP contribution is 2.24. The molecule has 0 fully saturated rings. The normalized spacial score (nSPS) is 10.5. The quantitative estimate of drug-likeness (QED) is 0.789. The van der Waals surface area contributed by atoms with Gasteiger partial charge in [0.25, 0.3) is 0 Å². The van der Waals surface area contributed by atoms with Crippen LogP contribution in [-0.4, -0.2) is 5.11 Å². The van der Waals surface area contributed by atoms with Crippen molar-refractivity contribution in [3.8, 4) is 0 Å². The summed E-state index contributed by atoms with van der Waals surface area (Å²) in [5.41, 5.74) is 2.42. The summed E-state index contributed by atoms with van der Waals surface area (Å²) in [5, 5.41) is 6.24. The monoisotopic (exact) mass is 306 g/mol. The van der Waals surface area contributed by atoms with Gasteiger partial charge < -0.3 is 10.6 Å². The van der Waals surface area contributed by atoms with Gasteiger partial charge in [-0.15, -0.1) is 0 Å².